The lowest BCUT2D eigenvalue weighted by atomic mass is 9.63. The Bertz CT molecular complexity index is 1710. The van der Waals surface area contributed by atoms with Crippen molar-refractivity contribution in [3.8, 4) is 5.75 Å². The molecule has 1 amide bonds. The Kier molecular flexibility index (Phi) is 5.80. The van der Waals surface area contributed by atoms with Crippen LogP contribution in [0.1, 0.15) is 49.4 Å². The molecule has 3 unspecified atom stereocenters. The fourth-order valence-corrected chi connectivity index (χ4v) is 6.84. The molecule has 4 aromatic rings. The zero-order valence-electron chi connectivity index (χ0n) is 22.0. The van der Waals surface area contributed by atoms with Gasteiger partial charge < -0.3 is 10.1 Å². The summed E-state index contributed by atoms with van der Waals surface area (Å²) in [7, 11) is 1.57. The molecule has 1 saturated heterocycles. The van der Waals surface area contributed by atoms with Crippen molar-refractivity contribution in [2.45, 2.75) is 18.0 Å². The van der Waals surface area contributed by atoms with Gasteiger partial charge in [0.25, 0.3) is 0 Å². The average molecular weight is 562 g/mol. The molecule has 7 nitrogen and oxygen atoms in total. The molecule has 202 valence electrons. The third-order valence-corrected chi connectivity index (χ3v) is 8.68. The quantitative estimate of drug-likeness (QED) is 0.313. The maximum atomic E-state index is 14.7. The summed E-state index contributed by atoms with van der Waals surface area (Å²) in [6.07, 6.45) is 1.69. The van der Waals surface area contributed by atoms with Crippen molar-refractivity contribution in [1.82, 2.24) is 5.01 Å². The van der Waals surface area contributed by atoms with Crippen molar-refractivity contribution in [1.29, 1.82) is 0 Å². The van der Waals surface area contributed by atoms with Gasteiger partial charge in [-0.15, -0.1) is 0 Å². The zero-order chi connectivity index (χ0) is 28.3. The number of carbonyl (C=O) groups is 3. The van der Waals surface area contributed by atoms with Crippen LogP contribution in [0.25, 0.3) is 0 Å². The van der Waals surface area contributed by atoms with Crippen molar-refractivity contribution in [3.05, 3.63) is 130 Å². The van der Waals surface area contributed by atoms with Crippen molar-refractivity contribution < 1.29 is 19.1 Å². The maximum Gasteiger partial charge on any atom is 0.249 e. The first-order chi connectivity index (χ1) is 19.9. The molecule has 2 heterocycles. The molecule has 1 aliphatic carbocycles. The fourth-order valence-electron chi connectivity index (χ4n) is 6.71. The molecule has 8 heteroatoms. The Morgan fingerprint density at radius 2 is 1.51 bits per heavy atom. The van der Waals surface area contributed by atoms with E-state index in [1.54, 1.807) is 79.0 Å². The number of hydrogen-bond donors (Lipinski definition) is 1. The standard InChI is InChI=1S/C33H24ClN3O4/c1-41-23-16-10-19(11-17-23)27-28(32(40)36-22-14-12-21(34)13-15-22)37-29(24-7-3-2-6-20(24)18-35-37)33(27)30(38)25-8-4-5-9-26(25)31(33)39/h2-18,27-29H,1H3,(H,36,40). The Morgan fingerprint density at radius 3 is 2.17 bits per heavy atom. The number of nitrogens with one attached hydrogen (secondary N) is 1. The summed E-state index contributed by atoms with van der Waals surface area (Å²) in [4.78, 5) is 43.7. The van der Waals surface area contributed by atoms with Crippen LogP contribution >= 0.6 is 11.6 Å². The first-order valence-corrected chi connectivity index (χ1v) is 13.6. The van der Waals surface area contributed by atoms with Crippen molar-refractivity contribution >= 4 is 41.0 Å². The summed E-state index contributed by atoms with van der Waals surface area (Å²) < 4.78 is 5.39. The molecular weight excluding hydrogens is 538 g/mol. The Hall–Kier alpha value is -4.75. The van der Waals surface area contributed by atoms with E-state index in [-0.39, 0.29) is 17.5 Å². The number of halogens is 1. The average Bonchev–Trinajstić information content (AvgIpc) is 3.44. The molecule has 0 saturated carbocycles. The summed E-state index contributed by atoms with van der Waals surface area (Å²) >= 11 is 6.08. The number of anilines is 1. The third-order valence-electron chi connectivity index (χ3n) is 8.43. The van der Waals surface area contributed by atoms with E-state index < -0.39 is 23.4 Å². The molecule has 3 aliphatic rings. The first-order valence-electron chi connectivity index (χ1n) is 13.3. The number of benzene rings is 4. The lowest BCUT2D eigenvalue weighted by Crippen LogP contribution is -2.44. The number of rotatable bonds is 4. The number of Topliss-reactive ketones (excluding diaryl/α,β-unsaturated/α-hetero) is 2. The van der Waals surface area contributed by atoms with Crippen LogP contribution in [0.5, 0.6) is 5.75 Å². The number of nitrogens with zero attached hydrogens (tertiary/aromatic N) is 2. The second kappa shape index (κ2) is 9.42. The summed E-state index contributed by atoms with van der Waals surface area (Å²) in [6, 6.07) is 26.7. The number of carbonyl (C=O) groups excluding carboxylic acids is 3. The Labute approximate surface area is 241 Å². The molecule has 1 fully saturated rings. The Balaban J connectivity index is 1.48. The fraction of sp³-hybridized carbons (Fsp3) is 0.152. The van der Waals surface area contributed by atoms with E-state index in [1.807, 2.05) is 36.4 Å². The van der Waals surface area contributed by atoms with E-state index in [1.165, 1.54) is 0 Å². The van der Waals surface area contributed by atoms with Gasteiger partial charge in [-0.2, -0.15) is 5.10 Å². The highest BCUT2D eigenvalue weighted by molar-refractivity contribution is 6.31. The van der Waals surface area contributed by atoms with Crippen LogP contribution in [-0.4, -0.2) is 41.8 Å². The van der Waals surface area contributed by atoms with E-state index in [0.29, 0.717) is 33.1 Å². The molecular formula is C33H24ClN3O4. The summed E-state index contributed by atoms with van der Waals surface area (Å²) in [5, 5.41) is 9.93. The lowest BCUT2D eigenvalue weighted by Gasteiger charge is -2.36. The summed E-state index contributed by atoms with van der Waals surface area (Å²) in [5.41, 5.74) is 1.88. The highest BCUT2D eigenvalue weighted by Gasteiger charge is 2.72. The zero-order valence-corrected chi connectivity index (χ0v) is 22.7. The predicted octanol–water partition coefficient (Wildman–Crippen LogP) is 5.91. The van der Waals surface area contributed by atoms with Crippen LogP contribution in [0.3, 0.4) is 0 Å². The second-order valence-electron chi connectivity index (χ2n) is 10.4. The molecule has 2 aliphatic heterocycles. The summed E-state index contributed by atoms with van der Waals surface area (Å²) in [5.74, 6) is -1.23. The SMILES string of the molecule is COc1ccc(C2C(C(=O)Nc3ccc(Cl)cc3)N3N=Cc4ccccc4C3C23C(=O)c2ccccc2C3=O)cc1. The lowest BCUT2D eigenvalue weighted by molar-refractivity contribution is -0.121. The van der Waals surface area contributed by atoms with Crippen LogP contribution in [0.15, 0.2) is 102 Å². The molecule has 3 atom stereocenters. The van der Waals surface area contributed by atoms with Crippen LogP contribution < -0.4 is 10.1 Å². The third kappa shape index (κ3) is 3.59. The smallest absolute Gasteiger partial charge is 0.249 e. The largest absolute Gasteiger partial charge is 0.497 e. The van der Waals surface area contributed by atoms with Crippen LogP contribution in [0, 0.1) is 5.41 Å². The van der Waals surface area contributed by atoms with E-state index in [9.17, 15) is 14.4 Å². The van der Waals surface area contributed by atoms with Crippen molar-refractivity contribution in [2.24, 2.45) is 10.5 Å². The molecule has 0 aromatic heterocycles. The van der Waals surface area contributed by atoms with Crippen molar-refractivity contribution in [3.63, 3.8) is 0 Å². The minimum atomic E-state index is -1.63. The van der Waals surface area contributed by atoms with Gasteiger partial charge in [0.15, 0.2) is 11.6 Å². The van der Waals surface area contributed by atoms with E-state index in [2.05, 4.69) is 5.32 Å². The molecule has 7 rings (SSSR count). The van der Waals surface area contributed by atoms with E-state index in [0.717, 1.165) is 11.1 Å². The predicted molar refractivity (Wildman–Crippen MR) is 156 cm³/mol. The van der Waals surface area contributed by atoms with Gasteiger partial charge in [-0.1, -0.05) is 72.3 Å². The van der Waals surface area contributed by atoms with Gasteiger partial charge in [-0.05, 0) is 53.1 Å². The first kappa shape index (κ1) is 25.2. The molecule has 1 spiro atoms. The maximum absolute atomic E-state index is 14.7. The second-order valence-corrected chi connectivity index (χ2v) is 10.9. The molecule has 4 aromatic carbocycles. The van der Waals surface area contributed by atoms with E-state index in [4.69, 9.17) is 21.4 Å². The Morgan fingerprint density at radius 1 is 0.878 bits per heavy atom. The number of methoxy groups -OCH3 is 1. The van der Waals surface area contributed by atoms with Crippen LogP contribution in [0.4, 0.5) is 5.69 Å². The number of fused-ring (bicyclic) bond motifs is 5. The van der Waals surface area contributed by atoms with Crippen LogP contribution in [-0.2, 0) is 4.79 Å². The number of hydrogen-bond acceptors (Lipinski definition) is 6. The molecule has 0 bridgehead atoms. The van der Waals surface area contributed by atoms with Gasteiger partial charge in [0.1, 0.15) is 17.2 Å². The van der Waals surface area contributed by atoms with Gasteiger partial charge in [0, 0.05) is 27.8 Å². The van der Waals surface area contributed by atoms with Crippen LogP contribution in [0.2, 0.25) is 5.02 Å². The van der Waals surface area contributed by atoms with Gasteiger partial charge in [0.05, 0.1) is 19.4 Å². The van der Waals surface area contributed by atoms with Gasteiger partial charge in [-0.3, -0.25) is 19.4 Å². The molecule has 0 radical (unpaired) electrons. The van der Waals surface area contributed by atoms with Gasteiger partial charge in [0.2, 0.25) is 5.91 Å². The monoisotopic (exact) mass is 561 g/mol. The number of ketones is 2. The normalized spacial score (nSPS) is 21.4. The molecule has 41 heavy (non-hydrogen) atoms. The highest BCUT2D eigenvalue weighted by Crippen LogP contribution is 2.64. The van der Waals surface area contributed by atoms with Gasteiger partial charge >= 0.3 is 0 Å². The van der Waals surface area contributed by atoms with E-state index >= 15 is 0 Å². The minimum Gasteiger partial charge on any atom is -0.497 e. The number of hydrazone groups is 1. The molecule has 1 N–H and O–H groups in total. The highest BCUT2D eigenvalue weighted by atomic mass is 35.5. The summed E-state index contributed by atoms with van der Waals surface area (Å²) in [6.45, 7) is 0. The van der Waals surface area contributed by atoms with Gasteiger partial charge in [-0.25, -0.2) is 0 Å². The number of amides is 1. The minimum absolute atomic E-state index is 0.303. The van der Waals surface area contributed by atoms with Crippen molar-refractivity contribution in [2.75, 3.05) is 12.4 Å². The topological polar surface area (TPSA) is 88.1 Å². The number of ether oxygens (including phenoxy) is 1.